The molecule has 1 aliphatic rings. The molecule has 2 aromatic carbocycles. The number of aromatic nitrogens is 1. The topological polar surface area (TPSA) is 12.9 Å². The van der Waals surface area contributed by atoms with Crippen LogP contribution >= 0.6 is 11.6 Å². The van der Waals surface area contributed by atoms with Crippen LogP contribution in [-0.2, 0) is 0 Å². The van der Waals surface area contributed by atoms with Crippen molar-refractivity contribution in [2.45, 2.75) is 34.1 Å². The minimum Gasteiger partial charge on any atom is -0.256 e. The molecular formula is C23H22ClN. The fraction of sp³-hybridized carbons (Fsp3) is 0.261. The quantitative estimate of drug-likeness (QED) is 0.506. The van der Waals surface area contributed by atoms with Crippen LogP contribution in [0.1, 0.15) is 48.2 Å². The number of rotatable bonds is 3. The lowest BCUT2D eigenvalue weighted by molar-refractivity contribution is 0.674. The predicted octanol–water partition coefficient (Wildman–Crippen LogP) is 6.82. The molecule has 1 aromatic heterocycles. The van der Waals surface area contributed by atoms with E-state index in [1.807, 2.05) is 12.3 Å². The second kappa shape index (κ2) is 6.00. The van der Waals surface area contributed by atoms with E-state index in [2.05, 4.69) is 58.0 Å². The number of pyridine rings is 1. The van der Waals surface area contributed by atoms with Crippen molar-refractivity contribution >= 4 is 33.5 Å². The van der Waals surface area contributed by atoms with Gasteiger partial charge in [0, 0.05) is 22.2 Å². The zero-order chi connectivity index (χ0) is 17.7. The van der Waals surface area contributed by atoms with E-state index in [4.69, 9.17) is 16.6 Å². The maximum atomic E-state index is 6.43. The normalized spacial score (nSPS) is 13.4. The molecule has 126 valence electrons. The molecule has 1 nitrogen and oxygen atoms in total. The van der Waals surface area contributed by atoms with Gasteiger partial charge in [-0.3, -0.25) is 4.98 Å². The fourth-order valence-electron chi connectivity index (χ4n) is 4.04. The average Bonchev–Trinajstić information content (AvgIpc) is 2.81. The van der Waals surface area contributed by atoms with Crippen LogP contribution < -0.4 is 0 Å². The molecule has 0 unspecified atom stereocenters. The highest BCUT2D eigenvalue weighted by atomic mass is 35.5. The van der Waals surface area contributed by atoms with Crippen molar-refractivity contribution < 1.29 is 0 Å². The Morgan fingerprint density at radius 2 is 1.72 bits per heavy atom. The number of allylic oxidation sites excluding steroid dienone is 1. The summed E-state index contributed by atoms with van der Waals surface area (Å²) in [7, 11) is 0. The van der Waals surface area contributed by atoms with Gasteiger partial charge >= 0.3 is 0 Å². The van der Waals surface area contributed by atoms with E-state index in [1.165, 1.54) is 44.2 Å². The Balaban J connectivity index is 2.08. The molecule has 0 radical (unpaired) electrons. The van der Waals surface area contributed by atoms with E-state index >= 15 is 0 Å². The van der Waals surface area contributed by atoms with Crippen LogP contribution in [-0.4, -0.2) is 4.98 Å². The van der Waals surface area contributed by atoms with Crippen LogP contribution in [0.15, 0.2) is 42.6 Å². The number of aryl methyl sites for hydroxylation is 2. The molecule has 0 amide bonds. The Morgan fingerprint density at radius 1 is 1.00 bits per heavy atom. The summed E-state index contributed by atoms with van der Waals surface area (Å²) in [6.07, 6.45) is 2.92. The van der Waals surface area contributed by atoms with Crippen LogP contribution in [0.3, 0.4) is 0 Å². The Bertz CT molecular complexity index is 1010. The molecule has 1 heterocycles. The van der Waals surface area contributed by atoms with Crippen molar-refractivity contribution in [1.29, 1.82) is 0 Å². The van der Waals surface area contributed by atoms with Gasteiger partial charge in [-0.25, -0.2) is 0 Å². The first kappa shape index (κ1) is 16.4. The minimum absolute atomic E-state index is 0.569. The number of nitrogens with zero attached hydrogens (tertiary/aromatic N) is 1. The predicted molar refractivity (Wildman–Crippen MR) is 108 cm³/mol. The molecule has 0 N–H and O–H groups in total. The molecule has 0 saturated carbocycles. The molecule has 1 aliphatic carbocycles. The zero-order valence-electron chi connectivity index (χ0n) is 15.2. The molecule has 0 bridgehead atoms. The maximum Gasteiger partial charge on any atom is 0.0795 e. The smallest absolute Gasteiger partial charge is 0.0795 e. The molecule has 4 rings (SSSR count). The summed E-state index contributed by atoms with van der Waals surface area (Å²) >= 11 is 6.43. The second-order valence-corrected chi connectivity index (χ2v) is 7.98. The summed E-state index contributed by atoms with van der Waals surface area (Å²) in [4.78, 5) is 4.78. The third kappa shape index (κ3) is 2.77. The van der Waals surface area contributed by atoms with Crippen LogP contribution in [0.5, 0.6) is 0 Å². The summed E-state index contributed by atoms with van der Waals surface area (Å²) in [6.45, 7) is 8.85. The molecule has 0 saturated heterocycles. The monoisotopic (exact) mass is 347 g/mol. The van der Waals surface area contributed by atoms with Crippen molar-refractivity contribution in [1.82, 2.24) is 4.98 Å². The fourth-order valence-corrected chi connectivity index (χ4v) is 4.26. The number of halogens is 1. The molecule has 0 aliphatic heterocycles. The van der Waals surface area contributed by atoms with Crippen molar-refractivity contribution in [3.63, 3.8) is 0 Å². The van der Waals surface area contributed by atoms with Crippen LogP contribution in [0, 0.1) is 19.8 Å². The highest BCUT2D eigenvalue weighted by Crippen LogP contribution is 2.47. The van der Waals surface area contributed by atoms with Crippen LogP contribution in [0.25, 0.3) is 21.9 Å². The van der Waals surface area contributed by atoms with Gasteiger partial charge in [0.1, 0.15) is 0 Å². The average molecular weight is 348 g/mol. The van der Waals surface area contributed by atoms with Crippen LogP contribution in [0.4, 0.5) is 0 Å². The summed E-state index contributed by atoms with van der Waals surface area (Å²) in [6, 6.07) is 13.0. The van der Waals surface area contributed by atoms with Crippen molar-refractivity contribution in [3.05, 3.63) is 75.6 Å². The third-order valence-corrected chi connectivity index (χ3v) is 5.03. The van der Waals surface area contributed by atoms with Gasteiger partial charge in [-0.2, -0.15) is 0 Å². The molecule has 0 fully saturated rings. The lowest BCUT2D eigenvalue weighted by Gasteiger charge is -2.13. The second-order valence-electron chi connectivity index (χ2n) is 7.54. The van der Waals surface area contributed by atoms with Gasteiger partial charge in [-0.15, -0.1) is 0 Å². The van der Waals surface area contributed by atoms with E-state index in [1.54, 1.807) is 0 Å². The lowest BCUT2D eigenvalue weighted by atomic mass is 9.91. The van der Waals surface area contributed by atoms with Crippen molar-refractivity contribution in [3.8, 4) is 0 Å². The summed E-state index contributed by atoms with van der Waals surface area (Å²) in [5.74, 6) is 0.569. The van der Waals surface area contributed by atoms with Gasteiger partial charge in [0.15, 0.2) is 0 Å². The molecule has 0 atom stereocenters. The lowest BCUT2D eigenvalue weighted by Crippen LogP contribution is -1.95. The summed E-state index contributed by atoms with van der Waals surface area (Å²) in [5.41, 5.74) is 8.85. The molecule has 2 heteroatoms. The largest absolute Gasteiger partial charge is 0.256 e. The zero-order valence-corrected chi connectivity index (χ0v) is 15.9. The first-order valence-electron chi connectivity index (χ1n) is 8.85. The summed E-state index contributed by atoms with van der Waals surface area (Å²) in [5, 5.41) is 3.22. The number of benzene rings is 2. The van der Waals surface area contributed by atoms with E-state index in [-0.39, 0.29) is 0 Å². The van der Waals surface area contributed by atoms with Gasteiger partial charge < -0.3 is 0 Å². The first-order valence-corrected chi connectivity index (χ1v) is 9.22. The molecule has 3 aromatic rings. The Morgan fingerprint density at radius 3 is 2.40 bits per heavy atom. The van der Waals surface area contributed by atoms with E-state index in [0.717, 1.165) is 17.1 Å². The molecule has 25 heavy (non-hydrogen) atoms. The van der Waals surface area contributed by atoms with Gasteiger partial charge in [0.25, 0.3) is 0 Å². The summed E-state index contributed by atoms with van der Waals surface area (Å²) < 4.78 is 0. The van der Waals surface area contributed by atoms with Gasteiger partial charge in [0.2, 0.25) is 0 Å². The number of hydrogen-bond acceptors (Lipinski definition) is 1. The number of hydrogen-bond donors (Lipinski definition) is 0. The van der Waals surface area contributed by atoms with E-state index < -0.39 is 0 Å². The Kier molecular flexibility index (Phi) is 3.92. The molecular weight excluding hydrogens is 326 g/mol. The van der Waals surface area contributed by atoms with E-state index in [0.29, 0.717) is 5.92 Å². The standard InChI is InChI=1S/C23H22ClN/c1-13(2)7-19-20-12-18(24)11-16-5-6-25-23(21(16)20)22(19)17-9-14(3)8-15(4)10-17/h5-6,8-13H,7H2,1-4H3. The van der Waals surface area contributed by atoms with E-state index in [9.17, 15) is 0 Å². The molecule has 0 spiro atoms. The first-order chi connectivity index (χ1) is 11.9. The van der Waals surface area contributed by atoms with Gasteiger partial charge in [-0.1, -0.05) is 54.8 Å². The van der Waals surface area contributed by atoms with Crippen molar-refractivity contribution in [2.24, 2.45) is 5.92 Å². The Labute approximate surface area is 154 Å². The third-order valence-electron chi connectivity index (χ3n) is 4.81. The van der Waals surface area contributed by atoms with Crippen molar-refractivity contribution in [2.75, 3.05) is 0 Å². The van der Waals surface area contributed by atoms with Gasteiger partial charge in [0.05, 0.1) is 5.69 Å². The minimum atomic E-state index is 0.569. The SMILES string of the molecule is Cc1cc(C)cc(C2=C(CC(C)C)c3cc(Cl)cc4ccnc2c34)c1. The highest BCUT2D eigenvalue weighted by molar-refractivity contribution is 6.32. The maximum absolute atomic E-state index is 6.43. The highest BCUT2D eigenvalue weighted by Gasteiger charge is 2.27. The van der Waals surface area contributed by atoms with Crippen LogP contribution in [0.2, 0.25) is 5.02 Å². The Hall–Kier alpha value is -2.12. The van der Waals surface area contributed by atoms with Gasteiger partial charge in [-0.05, 0) is 66.5 Å².